The Hall–Kier alpha value is -4.34. The highest BCUT2D eigenvalue weighted by Gasteiger charge is 2.14. The Labute approximate surface area is 202 Å². The summed E-state index contributed by atoms with van der Waals surface area (Å²) in [5, 5.41) is 3.13. The first kappa shape index (κ1) is 23.8. The van der Waals surface area contributed by atoms with Gasteiger partial charge in [-0.1, -0.05) is 43.3 Å². The second kappa shape index (κ2) is 10.7. The van der Waals surface area contributed by atoms with Gasteiger partial charge in [-0.2, -0.15) is 4.98 Å². The van der Waals surface area contributed by atoms with Crippen molar-refractivity contribution in [1.29, 1.82) is 0 Å². The highest BCUT2D eigenvalue weighted by atomic mass is 16.5. The molecule has 2 heterocycles. The van der Waals surface area contributed by atoms with Crippen LogP contribution in [0, 0.1) is 0 Å². The van der Waals surface area contributed by atoms with E-state index >= 15 is 0 Å². The molecule has 4 aromatic rings. The number of anilines is 2. The van der Waals surface area contributed by atoms with E-state index in [0.29, 0.717) is 18.9 Å². The lowest BCUT2D eigenvalue weighted by Crippen LogP contribution is -2.43. The number of nitrogens with one attached hydrogen (secondary N) is 2. The molecular weight excluding hydrogens is 446 g/mol. The standard InChI is InChI=1S/C25H29N7O3/c1-3-17-4-6-18(7-5-17)16-32-24(33)30-23(27-13-12-20-14-28-22(26)29-20)31(25(32)34)15-19-8-10-21(35-2)11-9-19/h4-11,14H,3,12-13,15-16H2,1-2H3,(H3,26,28,29)(H,27,30,33). The molecule has 0 radical (unpaired) electrons. The van der Waals surface area contributed by atoms with Crippen LogP contribution in [0.1, 0.15) is 29.3 Å². The fraction of sp³-hybridized carbons (Fsp3) is 0.280. The highest BCUT2D eigenvalue weighted by Crippen LogP contribution is 2.13. The van der Waals surface area contributed by atoms with Gasteiger partial charge in [0.1, 0.15) is 5.75 Å². The molecule has 4 rings (SSSR count). The van der Waals surface area contributed by atoms with Crippen LogP contribution in [0.5, 0.6) is 5.75 Å². The average Bonchev–Trinajstić information content (AvgIpc) is 3.29. The molecule has 10 heteroatoms. The molecule has 0 unspecified atom stereocenters. The second-order valence-electron chi connectivity index (χ2n) is 8.16. The first-order chi connectivity index (χ1) is 17.0. The third-order valence-electron chi connectivity index (χ3n) is 5.75. The van der Waals surface area contributed by atoms with Gasteiger partial charge >= 0.3 is 11.4 Å². The SMILES string of the molecule is CCc1ccc(Cn2c(=O)nc(NCCc3cnc(N)[nH]3)n(Cc3ccc(OC)cc3)c2=O)cc1. The number of aromatic amines is 1. The lowest BCUT2D eigenvalue weighted by molar-refractivity contribution is 0.414. The average molecular weight is 476 g/mol. The van der Waals surface area contributed by atoms with Gasteiger partial charge in [0.05, 0.1) is 26.4 Å². The topological polar surface area (TPSA) is 133 Å². The summed E-state index contributed by atoms with van der Waals surface area (Å²) >= 11 is 0. The van der Waals surface area contributed by atoms with Gasteiger partial charge in [0.15, 0.2) is 5.95 Å². The number of benzene rings is 2. The molecule has 0 saturated heterocycles. The van der Waals surface area contributed by atoms with Crippen molar-refractivity contribution in [3.8, 4) is 5.75 Å². The van der Waals surface area contributed by atoms with Gasteiger partial charge in [-0.15, -0.1) is 0 Å². The summed E-state index contributed by atoms with van der Waals surface area (Å²) in [7, 11) is 1.60. The lowest BCUT2D eigenvalue weighted by Gasteiger charge is -2.16. The van der Waals surface area contributed by atoms with Crippen LogP contribution in [0.2, 0.25) is 0 Å². The van der Waals surface area contributed by atoms with Crippen molar-refractivity contribution in [2.24, 2.45) is 0 Å². The quantitative estimate of drug-likeness (QED) is 0.320. The monoisotopic (exact) mass is 475 g/mol. The minimum Gasteiger partial charge on any atom is -0.497 e. The molecule has 4 N–H and O–H groups in total. The number of nitrogen functional groups attached to an aromatic ring is 1. The van der Waals surface area contributed by atoms with Crippen molar-refractivity contribution in [3.05, 3.63) is 98.1 Å². The second-order valence-corrected chi connectivity index (χ2v) is 8.16. The van der Waals surface area contributed by atoms with Crippen molar-refractivity contribution >= 4 is 11.9 Å². The van der Waals surface area contributed by atoms with Crippen molar-refractivity contribution in [2.45, 2.75) is 32.9 Å². The van der Waals surface area contributed by atoms with E-state index < -0.39 is 11.4 Å². The third kappa shape index (κ3) is 5.78. The van der Waals surface area contributed by atoms with E-state index in [0.717, 1.165) is 33.6 Å². The zero-order valence-electron chi connectivity index (χ0n) is 19.8. The van der Waals surface area contributed by atoms with Crippen LogP contribution in [0.15, 0.2) is 64.3 Å². The number of ether oxygens (including phenoxy) is 1. The van der Waals surface area contributed by atoms with Gasteiger partial charge in [0.25, 0.3) is 0 Å². The summed E-state index contributed by atoms with van der Waals surface area (Å²) in [5.74, 6) is 1.27. The van der Waals surface area contributed by atoms with Crippen molar-refractivity contribution < 1.29 is 4.74 Å². The smallest absolute Gasteiger partial charge is 0.355 e. The third-order valence-corrected chi connectivity index (χ3v) is 5.75. The number of imidazole rings is 1. The Kier molecular flexibility index (Phi) is 7.30. The van der Waals surface area contributed by atoms with Gasteiger partial charge in [0.2, 0.25) is 5.95 Å². The number of nitrogens with two attached hydrogens (primary N) is 1. The van der Waals surface area contributed by atoms with Gasteiger partial charge < -0.3 is 20.8 Å². The van der Waals surface area contributed by atoms with Crippen LogP contribution in [-0.4, -0.2) is 37.7 Å². The van der Waals surface area contributed by atoms with E-state index in [1.54, 1.807) is 13.3 Å². The van der Waals surface area contributed by atoms with Gasteiger partial charge in [-0.25, -0.2) is 19.1 Å². The minimum absolute atomic E-state index is 0.144. The first-order valence-electron chi connectivity index (χ1n) is 11.4. The molecule has 0 saturated carbocycles. The Balaban J connectivity index is 1.64. The summed E-state index contributed by atoms with van der Waals surface area (Å²) in [5.41, 5.74) is 8.35. The van der Waals surface area contributed by atoms with Crippen LogP contribution >= 0.6 is 0 Å². The van der Waals surface area contributed by atoms with Gasteiger partial charge in [-0.05, 0) is 35.2 Å². The minimum atomic E-state index is -0.603. The zero-order chi connectivity index (χ0) is 24.8. The van der Waals surface area contributed by atoms with Crippen LogP contribution in [0.4, 0.5) is 11.9 Å². The Morgan fingerprint density at radius 2 is 1.60 bits per heavy atom. The number of aromatic nitrogens is 5. The Morgan fingerprint density at radius 3 is 2.20 bits per heavy atom. The molecule has 2 aromatic heterocycles. The fourth-order valence-electron chi connectivity index (χ4n) is 3.73. The molecule has 0 atom stereocenters. The van der Waals surface area contributed by atoms with Crippen LogP contribution in [0.25, 0.3) is 0 Å². The number of H-pyrrole nitrogens is 1. The summed E-state index contributed by atoms with van der Waals surface area (Å²) in [4.78, 5) is 37.5. The molecule has 0 bridgehead atoms. The fourth-order valence-corrected chi connectivity index (χ4v) is 3.73. The summed E-state index contributed by atoms with van der Waals surface area (Å²) in [6.45, 7) is 2.89. The van der Waals surface area contributed by atoms with E-state index in [4.69, 9.17) is 10.5 Å². The number of nitrogens with zero attached hydrogens (tertiary/aromatic N) is 4. The summed E-state index contributed by atoms with van der Waals surface area (Å²) in [6.07, 6.45) is 3.13. The molecule has 0 amide bonds. The van der Waals surface area contributed by atoms with E-state index in [1.807, 2.05) is 48.5 Å². The Bertz CT molecular complexity index is 1390. The lowest BCUT2D eigenvalue weighted by atomic mass is 10.1. The molecule has 0 aliphatic heterocycles. The predicted octanol–water partition coefficient (Wildman–Crippen LogP) is 2.03. The number of methoxy groups -OCH3 is 1. The van der Waals surface area contributed by atoms with Crippen LogP contribution < -0.4 is 27.2 Å². The van der Waals surface area contributed by atoms with Gasteiger partial charge in [0, 0.05) is 18.7 Å². The molecular formula is C25H29N7O3. The van der Waals surface area contributed by atoms with Gasteiger partial charge in [-0.3, -0.25) is 4.57 Å². The zero-order valence-corrected chi connectivity index (χ0v) is 19.8. The number of rotatable bonds is 10. The van der Waals surface area contributed by atoms with Crippen LogP contribution in [-0.2, 0) is 25.9 Å². The number of hydrogen-bond donors (Lipinski definition) is 3. The van der Waals surface area contributed by atoms with E-state index in [1.165, 1.54) is 10.1 Å². The molecule has 0 aliphatic rings. The maximum Gasteiger partial charge on any atom is 0.355 e. The maximum absolute atomic E-state index is 13.5. The number of hydrogen-bond acceptors (Lipinski definition) is 7. The maximum atomic E-state index is 13.5. The molecule has 0 fully saturated rings. The van der Waals surface area contributed by atoms with E-state index in [-0.39, 0.29) is 19.0 Å². The first-order valence-corrected chi connectivity index (χ1v) is 11.4. The predicted molar refractivity (Wildman–Crippen MR) is 135 cm³/mol. The molecule has 2 aromatic carbocycles. The summed E-state index contributed by atoms with van der Waals surface area (Å²) in [6, 6.07) is 15.3. The molecule has 0 aliphatic carbocycles. The van der Waals surface area contributed by atoms with E-state index in [9.17, 15) is 9.59 Å². The van der Waals surface area contributed by atoms with Crippen molar-refractivity contribution in [1.82, 2.24) is 24.1 Å². The molecule has 0 spiro atoms. The van der Waals surface area contributed by atoms with Crippen molar-refractivity contribution in [2.75, 3.05) is 24.7 Å². The Morgan fingerprint density at radius 1 is 0.971 bits per heavy atom. The van der Waals surface area contributed by atoms with Crippen LogP contribution in [0.3, 0.4) is 0 Å². The largest absolute Gasteiger partial charge is 0.497 e. The number of aryl methyl sites for hydroxylation is 1. The van der Waals surface area contributed by atoms with E-state index in [2.05, 4.69) is 27.2 Å². The highest BCUT2D eigenvalue weighted by molar-refractivity contribution is 5.31. The summed E-state index contributed by atoms with van der Waals surface area (Å²) < 4.78 is 7.86. The van der Waals surface area contributed by atoms with Crippen molar-refractivity contribution in [3.63, 3.8) is 0 Å². The normalized spacial score (nSPS) is 10.9. The molecule has 182 valence electrons. The molecule has 10 nitrogen and oxygen atoms in total. The molecule has 35 heavy (non-hydrogen) atoms.